The van der Waals surface area contributed by atoms with Crippen LogP contribution in [-0.2, 0) is 6.54 Å². The normalized spacial score (nSPS) is 10.5. The first-order valence-corrected chi connectivity index (χ1v) is 5.50. The van der Waals surface area contributed by atoms with Gasteiger partial charge in [0.2, 0.25) is 0 Å². The molecule has 2 aromatic rings. The topological polar surface area (TPSA) is 52.0 Å². The largest absolute Gasteiger partial charge is 0.292 e. The maximum atomic E-state index is 13.4. The number of nitrogens with zero attached hydrogens (tertiary/aromatic N) is 2. The number of Topliss-reactive ketones (excluding diaryl/α,β-unsaturated/α-hetero) is 1. The molecule has 1 aromatic carbocycles. The van der Waals surface area contributed by atoms with Crippen LogP contribution in [0.5, 0.6) is 0 Å². The molecule has 0 amide bonds. The lowest BCUT2D eigenvalue weighted by Crippen LogP contribution is -2.27. The van der Waals surface area contributed by atoms with Gasteiger partial charge in [0.05, 0.1) is 11.8 Å². The number of aryl methyl sites for hydroxylation is 1. The number of carbonyl (C=O) groups is 1. The van der Waals surface area contributed by atoms with Gasteiger partial charge in [-0.3, -0.25) is 9.59 Å². The van der Waals surface area contributed by atoms with Gasteiger partial charge in [0, 0.05) is 6.07 Å². The quantitative estimate of drug-likeness (QED) is 0.793. The van der Waals surface area contributed by atoms with Crippen LogP contribution in [0.15, 0.2) is 35.3 Å². The van der Waals surface area contributed by atoms with Gasteiger partial charge in [-0.2, -0.15) is 5.10 Å². The van der Waals surface area contributed by atoms with Crippen LogP contribution >= 0.6 is 0 Å². The van der Waals surface area contributed by atoms with Crippen LogP contribution in [0.25, 0.3) is 0 Å². The fourth-order valence-electron chi connectivity index (χ4n) is 1.62. The third-order valence-electron chi connectivity index (χ3n) is 2.54. The number of hydrogen-bond donors (Lipinski definition) is 0. The van der Waals surface area contributed by atoms with E-state index in [9.17, 15) is 18.4 Å². The Kier molecular flexibility index (Phi) is 3.50. The van der Waals surface area contributed by atoms with Gasteiger partial charge in [-0.05, 0) is 24.6 Å². The van der Waals surface area contributed by atoms with Crippen molar-refractivity contribution < 1.29 is 13.6 Å². The number of halogens is 2. The summed E-state index contributed by atoms with van der Waals surface area (Å²) in [5, 5.41) is 3.74. The van der Waals surface area contributed by atoms with Gasteiger partial charge < -0.3 is 0 Å². The first-order valence-electron chi connectivity index (χ1n) is 5.50. The van der Waals surface area contributed by atoms with E-state index in [1.165, 1.54) is 12.3 Å². The molecule has 1 aromatic heterocycles. The minimum atomic E-state index is -0.954. The number of ketones is 1. The van der Waals surface area contributed by atoms with E-state index in [1.807, 2.05) is 0 Å². The molecule has 98 valence electrons. The van der Waals surface area contributed by atoms with Crippen LogP contribution in [0.1, 0.15) is 15.9 Å². The van der Waals surface area contributed by atoms with E-state index in [1.54, 1.807) is 6.92 Å². The van der Waals surface area contributed by atoms with E-state index >= 15 is 0 Å². The molecule has 19 heavy (non-hydrogen) atoms. The maximum Gasteiger partial charge on any atom is 0.267 e. The third kappa shape index (κ3) is 2.73. The molecule has 0 aliphatic rings. The molecule has 0 atom stereocenters. The molecule has 0 spiro atoms. The summed E-state index contributed by atoms with van der Waals surface area (Å²) in [6.45, 7) is 1.17. The zero-order valence-electron chi connectivity index (χ0n) is 10.1. The smallest absolute Gasteiger partial charge is 0.267 e. The van der Waals surface area contributed by atoms with Crippen molar-refractivity contribution in [2.45, 2.75) is 13.5 Å². The predicted octanol–water partition coefficient (Wildman–Crippen LogP) is 1.71. The van der Waals surface area contributed by atoms with Crippen LogP contribution < -0.4 is 5.56 Å². The first-order chi connectivity index (χ1) is 8.99. The Balaban J connectivity index is 2.34. The van der Waals surface area contributed by atoms with Crippen molar-refractivity contribution >= 4 is 5.78 Å². The fraction of sp³-hybridized carbons (Fsp3) is 0.154. The lowest BCUT2D eigenvalue weighted by Gasteiger charge is -2.05. The second-order valence-electron chi connectivity index (χ2n) is 4.05. The van der Waals surface area contributed by atoms with Gasteiger partial charge in [0.15, 0.2) is 5.78 Å². The lowest BCUT2D eigenvalue weighted by molar-refractivity contribution is 0.0957. The third-order valence-corrected chi connectivity index (χ3v) is 2.54. The molecule has 0 aliphatic heterocycles. The summed E-state index contributed by atoms with van der Waals surface area (Å²) in [6, 6.07) is 4.43. The summed E-state index contributed by atoms with van der Waals surface area (Å²) in [4.78, 5) is 23.4. The Hall–Kier alpha value is -2.37. The summed E-state index contributed by atoms with van der Waals surface area (Å²) in [6.07, 6.45) is 1.40. The highest BCUT2D eigenvalue weighted by molar-refractivity contribution is 5.96. The molecule has 6 heteroatoms. The minimum Gasteiger partial charge on any atom is -0.292 e. The van der Waals surface area contributed by atoms with Crippen molar-refractivity contribution in [1.29, 1.82) is 0 Å². The van der Waals surface area contributed by atoms with E-state index in [2.05, 4.69) is 5.10 Å². The summed E-state index contributed by atoms with van der Waals surface area (Å²) in [5.41, 5.74) is -0.507. The van der Waals surface area contributed by atoms with Crippen molar-refractivity contribution in [2.75, 3.05) is 0 Å². The summed E-state index contributed by atoms with van der Waals surface area (Å²) in [5.74, 6) is -2.75. The Morgan fingerprint density at radius 1 is 1.32 bits per heavy atom. The first kappa shape index (κ1) is 13.1. The van der Waals surface area contributed by atoms with Gasteiger partial charge in [0.25, 0.3) is 5.56 Å². The van der Waals surface area contributed by atoms with Gasteiger partial charge >= 0.3 is 0 Å². The van der Waals surface area contributed by atoms with E-state index in [0.717, 1.165) is 22.9 Å². The number of aromatic nitrogens is 2. The highest BCUT2D eigenvalue weighted by Gasteiger charge is 2.18. The van der Waals surface area contributed by atoms with Crippen molar-refractivity contribution in [3.8, 4) is 0 Å². The summed E-state index contributed by atoms with van der Waals surface area (Å²) < 4.78 is 27.7. The average molecular weight is 264 g/mol. The van der Waals surface area contributed by atoms with Crippen LogP contribution in [0.3, 0.4) is 0 Å². The Labute approximate surface area is 107 Å². The van der Waals surface area contributed by atoms with E-state index in [4.69, 9.17) is 0 Å². The number of carbonyl (C=O) groups excluding carboxylic acids is 1. The molecular weight excluding hydrogens is 254 g/mol. The van der Waals surface area contributed by atoms with Gasteiger partial charge in [-0.25, -0.2) is 13.5 Å². The Bertz CT molecular complexity index is 675. The fourth-order valence-corrected chi connectivity index (χ4v) is 1.62. The monoisotopic (exact) mass is 264 g/mol. The predicted molar refractivity (Wildman–Crippen MR) is 63.9 cm³/mol. The van der Waals surface area contributed by atoms with Gasteiger partial charge in [-0.1, -0.05) is 6.07 Å². The Morgan fingerprint density at radius 2 is 1.95 bits per heavy atom. The molecule has 0 fully saturated rings. The van der Waals surface area contributed by atoms with Gasteiger partial charge in [-0.15, -0.1) is 0 Å². The number of benzene rings is 1. The molecule has 2 rings (SSSR count). The van der Waals surface area contributed by atoms with E-state index in [-0.39, 0.29) is 0 Å². The molecule has 0 saturated heterocycles. The van der Waals surface area contributed by atoms with Crippen LogP contribution in [0, 0.1) is 18.6 Å². The standard InChI is InChI=1S/C13H10F2N2O2/c1-8-5-12(19)17(16-6-8)7-11(18)13-9(14)3-2-4-10(13)15/h2-6H,7H2,1H3. The van der Waals surface area contributed by atoms with Gasteiger partial charge in [0.1, 0.15) is 18.2 Å². The molecule has 0 bridgehead atoms. The molecule has 0 N–H and O–H groups in total. The van der Waals surface area contributed by atoms with Crippen molar-refractivity contribution in [3.63, 3.8) is 0 Å². The zero-order chi connectivity index (χ0) is 14.0. The number of rotatable bonds is 3. The second kappa shape index (κ2) is 5.09. The molecule has 0 aliphatic carbocycles. The minimum absolute atomic E-state index is 0.495. The molecule has 1 heterocycles. The van der Waals surface area contributed by atoms with Crippen molar-refractivity contribution in [1.82, 2.24) is 9.78 Å². The molecule has 0 saturated carbocycles. The van der Waals surface area contributed by atoms with Crippen LogP contribution in [0.4, 0.5) is 8.78 Å². The van der Waals surface area contributed by atoms with Crippen molar-refractivity contribution in [2.24, 2.45) is 0 Å². The second-order valence-corrected chi connectivity index (χ2v) is 4.05. The lowest BCUT2D eigenvalue weighted by atomic mass is 10.1. The van der Waals surface area contributed by atoms with Crippen LogP contribution in [-0.4, -0.2) is 15.6 Å². The van der Waals surface area contributed by atoms with E-state index in [0.29, 0.717) is 5.56 Å². The van der Waals surface area contributed by atoms with Crippen molar-refractivity contribution in [3.05, 3.63) is 63.6 Å². The molecule has 4 nitrogen and oxygen atoms in total. The zero-order valence-corrected chi connectivity index (χ0v) is 10.1. The maximum absolute atomic E-state index is 13.4. The van der Waals surface area contributed by atoms with E-state index < -0.39 is 35.1 Å². The Morgan fingerprint density at radius 3 is 2.53 bits per heavy atom. The molecule has 0 unspecified atom stereocenters. The highest BCUT2D eigenvalue weighted by Crippen LogP contribution is 2.13. The summed E-state index contributed by atoms with van der Waals surface area (Å²) in [7, 11) is 0. The molecule has 0 radical (unpaired) electrons. The van der Waals surface area contributed by atoms with Crippen LogP contribution in [0.2, 0.25) is 0 Å². The average Bonchev–Trinajstić information content (AvgIpc) is 2.32. The molecular formula is C13H10F2N2O2. The highest BCUT2D eigenvalue weighted by atomic mass is 19.1. The summed E-state index contributed by atoms with van der Waals surface area (Å²) >= 11 is 0. The SMILES string of the molecule is Cc1cnn(CC(=O)c2c(F)cccc2F)c(=O)c1. The number of hydrogen-bond acceptors (Lipinski definition) is 3.